The molecule has 1 heterocycles. The minimum absolute atomic E-state index is 0.376. The molecule has 3 N–H and O–H groups in total. The van der Waals surface area contributed by atoms with Crippen LogP contribution in [0, 0.1) is 0 Å². The second kappa shape index (κ2) is 5.86. The van der Waals surface area contributed by atoms with Crippen molar-refractivity contribution in [2.75, 3.05) is 16.9 Å². The molecule has 0 bridgehead atoms. The summed E-state index contributed by atoms with van der Waals surface area (Å²) in [4.78, 5) is 10.4. The summed E-state index contributed by atoms with van der Waals surface area (Å²) in [5, 5.41) is 0.543. The van der Waals surface area contributed by atoms with Gasteiger partial charge in [0.05, 0.1) is 6.20 Å². The molecule has 0 aliphatic heterocycles. The highest BCUT2D eigenvalue weighted by atomic mass is 35.5. The third-order valence-corrected chi connectivity index (χ3v) is 2.86. The number of rotatable bonds is 5. The molecule has 6 heteroatoms. The first-order valence-corrected chi connectivity index (χ1v) is 5.77. The van der Waals surface area contributed by atoms with Crippen LogP contribution in [0.25, 0.3) is 0 Å². The van der Waals surface area contributed by atoms with Gasteiger partial charge in [0.25, 0.3) is 0 Å². The van der Waals surface area contributed by atoms with Crippen LogP contribution in [0.2, 0.25) is 5.02 Å². The molecule has 1 atom stereocenters. The molecule has 0 fully saturated rings. The Morgan fingerprint density at radius 2 is 2.25 bits per heavy atom. The van der Waals surface area contributed by atoms with Crippen LogP contribution in [0.1, 0.15) is 27.2 Å². The molecule has 0 aliphatic rings. The number of hydrogen-bond acceptors (Lipinski definition) is 5. The van der Waals surface area contributed by atoms with Gasteiger partial charge in [-0.3, -0.25) is 5.43 Å². The van der Waals surface area contributed by atoms with Crippen LogP contribution in [0.15, 0.2) is 6.20 Å². The molecule has 16 heavy (non-hydrogen) atoms. The van der Waals surface area contributed by atoms with Crippen molar-refractivity contribution in [1.29, 1.82) is 0 Å². The summed E-state index contributed by atoms with van der Waals surface area (Å²) < 4.78 is 0. The zero-order chi connectivity index (χ0) is 12.1. The van der Waals surface area contributed by atoms with Crippen molar-refractivity contribution in [2.24, 2.45) is 5.84 Å². The Labute approximate surface area is 101 Å². The van der Waals surface area contributed by atoms with Gasteiger partial charge in [0.2, 0.25) is 5.95 Å². The largest absolute Gasteiger partial charge is 0.353 e. The Bertz CT molecular complexity index is 344. The number of nitrogens with two attached hydrogens (primary N) is 1. The average molecular weight is 244 g/mol. The number of halogens is 1. The highest BCUT2D eigenvalue weighted by Gasteiger charge is 2.16. The molecule has 1 aromatic rings. The Morgan fingerprint density at radius 3 is 2.75 bits per heavy atom. The Balaban J connectivity index is 3.07. The first kappa shape index (κ1) is 13.0. The maximum absolute atomic E-state index is 6.09. The molecule has 0 saturated carbocycles. The molecule has 0 amide bonds. The number of anilines is 2. The van der Waals surface area contributed by atoms with E-state index in [-0.39, 0.29) is 0 Å². The van der Waals surface area contributed by atoms with Gasteiger partial charge in [-0.25, -0.2) is 10.8 Å². The summed E-state index contributed by atoms with van der Waals surface area (Å²) in [5.41, 5.74) is 2.42. The van der Waals surface area contributed by atoms with Crippen molar-refractivity contribution in [2.45, 2.75) is 33.2 Å². The highest BCUT2D eigenvalue weighted by molar-refractivity contribution is 6.32. The normalized spacial score (nSPS) is 12.3. The van der Waals surface area contributed by atoms with Crippen LogP contribution in [-0.4, -0.2) is 22.6 Å². The molecule has 1 unspecified atom stereocenters. The van der Waals surface area contributed by atoms with Gasteiger partial charge in [0.1, 0.15) is 5.02 Å². The van der Waals surface area contributed by atoms with Gasteiger partial charge in [-0.2, -0.15) is 4.98 Å². The lowest BCUT2D eigenvalue weighted by Crippen LogP contribution is -2.33. The van der Waals surface area contributed by atoms with Crippen molar-refractivity contribution >= 4 is 23.4 Å². The van der Waals surface area contributed by atoms with Gasteiger partial charge >= 0.3 is 0 Å². The summed E-state index contributed by atoms with van der Waals surface area (Å²) in [5.74, 6) is 6.38. The predicted octanol–water partition coefficient (Wildman–Crippen LogP) is 2.04. The van der Waals surface area contributed by atoms with Crippen LogP contribution in [0.5, 0.6) is 0 Å². The van der Waals surface area contributed by atoms with Gasteiger partial charge in [-0.15, -0.1) is 0 Å². The summed E-state index contributed by atoms with van der Waals surface area (Å²) in [6.45, 7) is 7.18. The van der Waals surface area contributed by atoms with Crippen molar-refractivity contribution in [3.05, 3.63) is 11.2 Å². The SMILES string of the molecule is CCC(C)N(CC)c1nc(NN)ncc1Cl. The maximum Gasteiger partial charge on any atom is 0.239 e. The number of nitrogens with zero attached hydrogens (tertiary/aromatic N) is 3. The molecule has 0 aromatic carbocycles. The maximum atomic E-state index is 6.09. The summed E-state index contributed by atoms with van der Waals surface area (Å²) in [7, 11) is 0. The number of nitrogens with one attached hydrogen (secondary N) is 1. The van der Waals surface area contributed by atoms with Crippen LogP contribution in [0.3, 0.4) is 0 Å². The lowest BCUT2D eigenvalue weighted by atomic mass is 10.2. The second-order valence-corrected chi connectivity index (χ2v) is 3.96. The van der Waals surface area contributed by atoms with Crippen LogP contribution in [-0.2, 0) is 0 Å². The van der Waals surface area contributed by atoms with E-state index < -0.39 is 0 Å². The molecule has 1 aromatic heterocycles. The lowest BCUT2D eigenvalue weighted by Gasteiger charge is -2.29. The number of nitrogen functional groups attached to an aromatic ring is 1. The number of hydrogen-bond donors (Lipinski definition) is 2. The Morgan fingerprint density at radius 1 is 1.56 bits per heavy atom. The van der Waals surface area contributed by atoms with E-state index in [9.17, 15) is 0 Å². The molecule has 0 aliphatic carbocycles. The fraction of sp³-hybridized carbons (Fsp3) is 0.600. The van der Waals surface area contributed by atoms with Gasteiger partial charge in [-0.05, 0) is 20.3 Å². The second-order valence-electron chi connectivity index (χ2n) is 3.55. The first-order valence-electron chi connectivity index (χ1n) is 5.39. The molecular weight excluding hydrogens is 226 g/mol. The predicted molar refractivity (Wildman–Crippen MR) is 67.6 cm³/mol. The Kier molecular flexibility index (Phi) is 4.76. The van der Waals surface area contributed by atoms with Crippen molar-refractivity contribution in [3.8, 4) is 0 Å². The third kappa shape index (κ3) is 2.74. The zero-order valence-electron chi connectivity index (χ0n) is 9.87. The van der Waals surface area contributed by atoms with Gasteiger partial charge < -0.3 is 4.90 Å². The van der Waals surface area contributed by atoms with E-state index in [0.29, 0.717) is 17.0 Å². The summed E-state index contributed by atoms with van der Waals surface area (Å²) in [6.07, 6.45) is 2.59. The lowest BCUT2D eigenvalue weighted by molar-refractivity contribution is 0.622. The minimum Gasteiger partial charge on any atom is -0.353 e. The van der Waals surface area contributed by atoms with Crippen LogP contribution < -0.4 is 16.2 Å². The fourth-order valence-corrected chi connectivity index (χ4v) is 1.72. The quantitative estimate of drug-likeness (QED) is 0.612. The van der Waals surface area contributed by atoms with Crippen LogP contribution in [0.4, 0.5) is 11.8 Å². The fourth-order valence-electron chi connectivity index (χ4n) is 1.52. The van der Waals surface area contributed by atoms with E-state index in [0.717, 1.165) is 18.8 Å². The van der Waals surface area contributed by atoms with E-state index in [1.165, 1.54) is 0 Å². The molecular formula is C10H18ClN5. The highest BCUT2D eigenvalue weighted by Crippen LogP contribution is 2.25. The van der Waals surface area contributed by atoms with Crippen LogP contribution >= 0.6 is 11.6 Å². The van der Waals surface area contributed by atoms with Crippen molar-refractivity contribution in [3.63, 3.8) is 0 Å². The third-order valence-electron chi connectivity index (χ3n) is 2.59. The molecule has 90 valence electrons. The molecule has 1 rings (SSSR count). The smallest absolute Gasteiger partial charge is 0.239 e. The summed E-state index contributed by atoms with van der Waals surface area (Å²) >= 11 is 6.09. The van der Waals surface area contributed by atoms with Gasteiger partial charge in [0.15, 0.2) is 5.82 Å². The molecule has 5 nitrogen and oxygen atoms in total. The summed E-state index contributed by atoms with van der Waals surface area (Å²) in [6, 6.07) is 0.378. The van der Waals surface area contributed by atoms with Gasteiger partial charge in [0, 0.05) is 12.6 Å². The van der Waals surface area contributed by atoms with Crippen molar-refractivity contribution < 1.29 is 0 Å². The molecule has 0 spiro atoms. The van der Waals surface area contributed by atoms with E-state index in [1.54, 1.807) is 6.20 Å². The topological polar surface area (TPSA) is 67.1 Å². The average Bonchev–Trinajstić information content (AvgIpc) is 2.32. The van der Waals surface area contributed by atoms with E-state index in [1.807, 2.05) is 0 Å². The van der Waals surface area contributed by atoms with E-state index in [4.69, 9.17) is 17.4 Å². The zero-order valence-corrected chi connectivity index (χ0v) is 10.6. The van der Waals surface area contributed by atoms with E-state index >= 15 is 0 Å². The van der Waals surface area contributed by atoms with Gasteiger partial charge in [-0.1, -0.05) is 18.5 Å². The monoisotopic (exact) mass is 243 g/mol. The Hall–Kier alpha value is -1.07. The standard InChI is InChI=1S/C10H18ClN5/c1-4-7(3)16(5-2)9-8(11)6-13-10(14-9)15-12/h6-7H,4-5,12H2,1-3H3,(H,13,14,15). The number of aromatic nitrogens is 2. The van der Waals surface area contributed by atoms with E-state index in [2.05, 4.69) is 41.1 Å². The van der Waals surface area contributed by atoms with Crippen molar-refractivity contribution in [1.82, 2.24) is 9.97 Å². The first-order chi connectivity index (χ1) is 7.63. The number of hydrazine groups is 1. The minimum atomic E-state index is 0.376. The molecule has 0 radical (unpaired) electrons. The molecule has 0 saturated heterocycles.